The summed E-state index contributed by atoms with van der Waals surface area (Å²) in [6, 6.07) is 9.88. The third-order valence-electron chi connectivity index (χ3n) is 3.86. The lowest BCUT2D eigenvalue weighted by atomic mass is 10.0. The van der Waals surface area contributed by atoms with E-state index in [0.717, 1.165) is 5.56 Å². The van der Waals surface area contributed by atoms with E-state index in [0.29, 0.717) is 17.1 Å². The Labute approximate surface area is 153 Å². The standard InChI is InChI=1S/C19H22ClN3O2/c1-13(2)17(22-18(24)15-8-4-5-9-16(15)20)19(25)23(3)12-14-7-6-10-21-11-14/h4-11,13,17H,12H2,1-3H3,(H,22,24). The fraction of sp³-hybridized carbons (Fsp3) is 0.316. The van der Waals surface area contributed by atoms with Crippen molar-refractivity contribution in [2.75, 3.05) is 7.05 Å². The van der Waals surface area contributed by atoms with Gasteiger partial charge in [0.1, 0.15) is 6.04 Å². The lowest BCUT2D eigenvalue weighted by Gasteiger charge is -2.27. The summed E-state index contributed by atoms with van der Waals surface area (Å²) in [6.07, 6.45) is 3.41. The fourth-order valence-electron chi connectivity index (χ4n) is 2.46. The Balaban J connectivity index is 2.10. The van der Waals surface area contributed by atoms with E-state index in [1.54, 1.807) is 48.6 Å². The van der Waals surface area contributed by atoms with Crippen LogP contribution in [-0.2, 0) is 11.3 Å². The molecule has 1 aromatic carbocycles. The number of carbonyl (C=O) groups is 2. The molecule has 0 fully saturated rings. The summed E-state index contributed by atoms with van der Waals surface area (Å²) in [5.41, 5.74) is 1.29. The minimum Gasteiger partial charge on any atom is -0.340 e. The van der Waals surface area contributed by atoms with Gasteiger partial charge in [0.15, 0.2) is 0 Å². The zero-order chi connectivity index (χ0) is 18.4. The number of benzene rings is 1. The number of hydrogen-bond donors (Lipinski definition) is 1. The quantitative estimate of drug-likeness (QED) is 0.861. The monoisotopic (exact) mass is 359 g/mol. The van der Waals surface area contributed by atoms with Crippen molar-refractivity contribution >= 4 is 23.4 Å². The molecule has 132 valence electrons. The van der Waals surface area contributed by atoms with Gasteiger partial charge in [-0.05, 0) is 29.7 Å². The number of halogens is 1. The second-order valence-corrected chi connectivity index (χ2v) is 6.64. The van der Waals surface area contributed by atoms with Crippen molar-refractivity contribution in [3.63, 3.8) is 0 Å². The molecular weight excluding hydrogens is 338 g/mol. The van der Waals surface area contributed by atoms with Gasteiger partial charge in [-0.15, -0.1) is 0 Å². The van der Waals surface area contributed by atoms with Gasteiger partial charge in [-0.2, -0.15) is 0 Å². The number of nitrogens with zero attached hydrogens (tertiary/aromatic N) is 2. The van der Waals surface area contributed by atoms with Gasteiger partial charge >= 0.3 is 0 Å². The predicted octanol–water partition coefficient (Wildman–Crippen LogP) is 3.15. The van der Waals surface area contributed by atoms with E-state index in [9.17, 15) is 9.59 Å². The van der Waals surface area contributed by atoms with Crippen LogP contribution < -0.4 is 5.32 Å². The Morgan fingerprint density at radius 2 is 1.92 bits per heavy atom. The Bertz CT molecular complexity index is 734. The van der Waals surface area contributed by atoms with Crippen LogP contribution in [-0.4, -0.2) is 34.8 Å². The molecule has 1 N–H and O–H groups in total. The Morgan fingerprint density at radius 3 is 2.52 bits per heavy atom. The van der Waals surface area contributed by atoms with Gasteiger partial charge < -0.3 is 10.2 Å². The summed E-state index contributed by atoms with van der Waals surface area (Å²) < 4.78 is 0. The SMILES string of the molecule is CC(C)C(NC(=O)c1ccccc1Cl)C(=O)N(C)Cc1cccnc1. The highest BCUT2D eigenvalue weighted by molar-refractivity contribution is 6.33. The molecule has 0 aliphatic rings. The average molecular weight is 360 g/mol. The third-order valence-corrected chi connectivity index (χ3v) is 4.19. The molecule has 5 nitrogen and oxygen atoms in total. The molecule has 6 heteroatoms. The predicted molar refractivity (Wildman–Crippen MR) is 98.3 cm³/mol. The van der Waals surface area contributed by atoms with Crippen LogP contribution in [0.15, 0.2) is 48.8 Å². The van der Waals surface area contributed by atoms with Crippen LogP contribution in [0.4, 0.5) is 0 Å². The van der Waals surface area contributed by atoms with Crippen LogP contribution >= 0.6 is 11.6 Å². The number of nitrogens with one attached hydrogen (secondary N) is 1. The van der Waals surface area contributed by atoms with E-state index in [-0.39, 0.29) is 17.7 Å². The molecule has 0 radical (unpaired) electrons. The zero-order valence-corrected chi connectivity index (χ0v) is 15.3. The van der Waals surface area contributed by atoms with Crippen molar-refractivity contribution in [2.45, 2.75) is 26.4 Å². The second kappa shape index (κ2) is 8.62. The maximum atomic E-state index is 12.8. The Morgan fingerprint density at radius 1 is 1.20 bits per heavy atom. The number of carbonyl (C=O) groups excluding carboxylic acids is 2. The topological polar surface area (TPSA) is 62.3 Å². The molecule has 2 aromatic rings. The molecule has 2 amide bonds. The molecule has 0 saturated carbocycles. The number of amides is 2. The number of hydrogen-bond acceptors (Lipinski definition) is 3. The summed E-state index contributed by atoms with van der Waals surface area (Å²) in [7, 11) is 1.71. The summed E-state index contributed by atoms with van der Waals surface area (Å²) in [4.78, 5) is 30.9. The smallest absolute Gasteiger partial charge is 0.253 e. The van der Waals surface area contributed by atoms with Gasteiger partial charge in [-0.1, -0.05) is 43.6 Å². The second-order valence-electron chi connectivity index (χ2n) is 6.23. The molecule has 1 atom stereocenters. The van der Waals surface area contributed by atoms with Crippen LogP contribution in [0, 0.1) is 5.92 Å². The lowest BCUT2D eigenvalue weighted by Crippen LogP contribution is -2.50. The normalized spacial score (nSPS) is 11.9. The van der Waals surface area contributed by atoms with E-state index >= 15 is 0 Å². The molecular formula is C19H22ClN3O2. The van der Waals surface area contributed by atoms with Crippen molar-refractivity contribution < 1.29 is 9.59 Å². The van der Waals surface area contributed by atoms with Crippen LogP contribution in [0.25, 0.3) is 0 Å². The van der Waals surface area contributed by atoms with Gasteiger partial charge in [0.2, 0.25) is 5.91 Å². The maximum Gasteiger partial charge on any atom is 0.253 e. The minimum absolute atomic E-state index is 0.0599. The van der Waals surface area contributed by atoms with E-state index in [1.165, 1.54) is 0 Å². The summed E-state index contributed by atoms with van der Waals surface area (Å²) in [5.74, 6) is -0.568. The lowest BCUT2D eigenvalue weighted by molar-refractivity contribution is -0.133. The van der Waals surface area contributed by atoms with Crippen molar-refractivity contribution in [3.8, 4) is 0 Å². The number of pyridine rings is 1. The van der Waals surface area contributed by atoms with Gasteiger partial charge in [0.25, 0.3) is 5.91 Å². The van der Waals surface area contributed by atoms with Gasteiger partial charge in [0.05, 0.1) is 10.6 Å². The first-order valence-corrected chi connectivity index (χ1v) is 8.47. The first kappa shape index (κ1) is 18.9. The first-order chi connectivity index (χ1) is 11.9. The maximum absolute atomic E-state index is 12.8. The van der Waals surface area contributed by atoms with Gasteiger partial charge in [-0.25, -0.2) is 0 Å². The molecule has 1 unspecified atom stereocenters. The molecule has 1 aromatic heterocycles. The van der Waals surface area contributed by atoms with Crippen molar-refractivity contribution in [3.05, 3.63) is 64.9 Å². The molecule has 0 aliphatic heterocycles. The minimum atomic E-state index is -0.634. The van der Waals surface area contributed by atoms with Gasteiger partial charge in [-0.3, -0.25) is 14.6 Å². The summed E-state index contributed by atoms with van der Waals surface area (Å²) in [5, 5.41) is 3.17. The average Bonchev–Trinajstić information content (AvgIpc) is 2.59. The van der Waals surface area contributed by atoms with E-state index in [2.05, 4.69) is 10.3 Å². The molecule has 0 aliphatic carbocycles. The van der Waals surface area contributed by atoms with Crippen LogP contribution in [0.3, 0.4) is 0 Å². The molecule has 25 heavy (non-hydrogen) atoms. The Hall–Kier alpha value is -2.40. The highest BCUT2D eigenvalue weighted by Gasteiger charge is 2.27. The molecule has 1 heterocycles. The van der Waals surface area contributed by atoms with Crippen LogP contribution in [0.5, 0.6) is 0 Å². The number of aromatic nitrogens is 1. The summed E-state index contributed by atoms with van der Waals surface area (Å²) >= 11 is 6.07. The largest absolute Gasteiger partial charge is 0.340 e. The van der Waals surface area contributed by atoms with E-state index in [1.807, 2.05) is 26.0 Å². The van der Waals surface area contributed by atoms with Crippen molar-refractivity contribution in [1.29, 1.82) is 0 Å². The molecule has 0 saturated heterocycles. The Kier molecular flexibility index (Phi) is 6.53. The number of rotatable bonds is 6. The van der Waals surface area contributed by atoms with Crippen LogP contribution in [0.1, 0.15) is 29.8 Å². The number of likely N-dealkylation sites (N-methyl/N-ethyl adjacent to an activating group) is 1. The van der Waals surface area contributed by atoms with Crippen molar-refractivity contribution in [1.82, 2.24) is 15.2 Å². The van der Waals surface area contributed by atoms with Crippen LogP contribution in [0.2, 0.25) is 5.02 Å². The first-order valence-electron chi connectivity index (χ1n) is 8.09. The van der Waals surface area contributed by atoms with Gasteiger partial charge in [0, 0.05) is 26.0 Å². The fourth-order valence-corrected chi connectivity index (χ4v) is 2.68. The molecule has 0 bridgehead atoms. The third kappa shape index (κ3) is 5.03. The summed E-state index contributed by atoms with van der Waals surface area (Å²) in [6.45, 7) is 4.22. The molecule has 2 rings (SSSR count). The van der Waals surface area contributed by atoms with Crippen molar-refractivity contribution in [2.24, 2.45) is 5.92 Å². The van der Waals surface area contributed by atoms with E-state index < -0.39 is 6.04 Å². The zero-order valence-electron chi connectivity index (χ0n) is 14.6. The molecule has 0 spiro atoms. The van der Waals surface area contributed by atoms with E-state index in [4.69, 9.17) is 11.6 Å². The highest BCUT2D eigenvalue weighted by atomic mass is 35.5. The highest BCUT2D eigenvalue weighted by Crippen LogP contribution is 2.16.